The average Bonchev–Trinajstić information content (AvgIpc) is 2.61. The number of hydrogen-bond donors (Lipinski definition) is 1. The van der Waals surface area contributed by atoms with Gasteiger partial charge in [-0.05, 0) is 45.3 Å². The number of halogens is 3. The summed E-state index contributed by atoms with van der Waals surface area (Å²) in [6.45, 7) is 3.47. The Labute approximate surface area is 107 Å². The molecule has 0 atom stereocenters. The maximum absolute atomic E-state index is 12.2. The molecule has 2 rings (SSSR count). The van der Waals surface area contributed by atoms with Crippen molar-refractivity contribution >= 4 is 0 Å². The molecule has 18 heavy (non-hydrogen) atoms. The van der Waals surface area contributed by atoms with Crippen LogP contribution in [0.1, 0.15) is 44.9 Å². The minimum atomic E-state index is -4.00. The van der Waals surface area contributed by atoms with E-state index in [1.807, 2.05) is 0 Å². The van der Waals surface area contributed by atoms with Crippen LogP contribution in [-0.4, -0.2) is 42.8 Å². The van der Waals surface area contributed by atoms with Crippen molar-refractivity contribution in [1.82, 2.24) is 10.2 Å². The summed E-state index contributed by atoms with van der Waals surface area (Å²) >= 11 is 0. The van der Waals surface area contributed by atoms with Crippen LogP contribution in [0.3, 0.4) is 0 Å². The van der Waals surface area contributed by atoms with Crippen molar-refractivity contribution in [3.05, 3.63) is 0 Å². The molecular weight excluding hydrogens is 241 g/mol. The zero-order valence-corrected chi connectivity index (χ0v) is 10.9. The molecule has 1 saturated heterocycles. The summed E-state index contributed by atoms with van der Waals surface area (Å²) in [6, 6.07) is 0. The molecule has 1 N–H and O–H groups in total. The second-order valence-corrected chi connectivity index (χ2v) is 5.76. The van der Waals surface area contributed by atoms with Gasteiger partial charge < -0.3 is 10.2 Å². The third kappa shape index (κ3) is 4.12. The van der Waals surface area contributed by atoms with E-state index in [9.17, 15) is 13.2 Å². The highest BCUT2D eigenvalue weighted by Crippen LogP contribution is 2.32. The molecule has 106 valence electrons. The smallest absolute Gasteiger partial charge is 0.310 e. The highest BCUT2D eigenvalue weighted by atomic mass is 19.4. The largest absolute Gasteiger partial charge is 0.389 e. The molecule has 0 unspecified atom stereocenters. The van der Waals surface area contributed by atoms with Crippen LogP contribution in [0.5, 0.6) is 0 Å². The van der Waals surface area contributed by atoms with E-state index in [0.29, 0.717) is 6.54 Å². The van der Waals surface area contributed by atoms with Gasteiger partial charge in [-0.2, -0.15) is 13.2 Å². The van der Waals surface area contributed by atoms with Crippen LogP contribution in [0, 0.1) is 0 Å². The monoisotopic (exact) mass is 264 g/mol. The lowest BCUT2D eigenvalue weighted by atomic mass is 9.97. The number of nitrogens with zero attached hydrogens (tertiary/aromatic N) is 1. The third-order valence-corrected chi connectivity index (χ3v) is 4.17. The molecule has 5 heteroatoms. The highest BCUT2D eigenvalue weighted by molar-refractivity contribution is 4.96. The van der Waals surface area contributed by atoms with E-state index < -0.39 is 12.6 Å². The SMILES string of the molecule is FC(F)(F)CCCN1CCCNC2(CCCC2)C1. The molecule has 0 aromatic rings. The predicted octanol–water partition coefficient (Wildman–Crippen LogP) is 2.94. The lowest BCUT2D eigenvalue weighted by Crippen LogP contribution is -2.49. The van der Waals surface area contributed by atoms with Crippen molar-refractivity contribution < 1.29 is 13.2 Å². The summed E-state index contributed by atoms with van der Waals surface area (Å²) in [6.07, 6.45) is 1.50. The van der Waals surface area contributed by atoms with Gasteiger partial charge in [0.15, 0.2) is 0 Å². The van der Waals surface area contributed by atoms with E-state index in [2.05, 4.69) is 10.2 Å². The first-order valence-corrected chi connectivity index (χ1v) is 7.03. The van der Waals surface area contributed by atoms with Gasteiger partial charge >= 0.3 is 6.18 Å². The van der Waals surface area contributed by atoms with Gasteiger partial charge in [-0.15, -0.1) is 0 Å². The zero-order valence-electron chi connectivity index (χ0n) is 10.9. The first kappa shape index (κ1) is 14.1. The number of rotatable bonds is 3. The minimum absolute atomic E-state index is 0.203. The normalized spacial score (nSPS) is 25.5. The molecule has 0 aromatic carbocycles. The second-order valence-electron chi connectivity index (χ2n) is 5.76. The molecule has 0 bridgehead atoms. The molecule has 1 aliphatic carbocycles. The van der Waals surface area contributed by atoms with Gasteiger partial charge in [-0.3, -0.25) is 0 Å². The van der Waals surface area contributed by atoms with Crippen LogP contribution in [0.4, 0.5) is 13.2 Å². The van der Waals surface area contributed by atoms with Gasteiger partial charge in [0.2, 0.25) is 0 Å². The Morgan fingerprint density at radius 2 is 1.83 bits per heavy atom. The van der Waals surface area contributed by atoms with Crippen molar-refractivity contribution in [2.24, 2.45) is 0 Å². The van der Waals surface area contributed by atoms with Crippen molar-refractivity contribution in [2.75, 3.05) is 26.2 Å². The van der Waals surface area contributed by atoms with Crippen molar-refractivity contribution in [2.45, 2.75) is 56.7 Å². The summed E-state index contributed by atoms with van der Waals surface area (Å²) in [5.41, 5.74) is 0.203. The van der Waals surface area contributed by atoms with Crippen LogP contribution in [0.15, 0.2) is 0 Å². The lowest BCUT2D eigenvalue weighted by molar-refractivity contribution is -0.136. The number of nitrogens with one attached hydrogen (secondary N) is 1. The Morgan fingerprint density at radius 3 is 2.50 bits per heavy atom. The molecule has 1 spiro atoms. The molecular formula is C13H23F3N2. The summed E-state index contributed by atoms with van der Waals surface area (Å²) in [5, 5.41) is 3.63. The van der Waals surface area contributed by atoms with Crippen molar-refractivity contribution in [3.63, 3.8) is 0 Å². The van der Waals surface area contributed by atoms with E-state index >= 15 is 0 Å². The average molecular weight is 264 g/mol. The summed E-state index contributed by atoms with van der Waals surface area (Å²) < 4.78 is 36.5. The summed E-state index contributed by atoms with van der Waals surface area (Å²) in [4.78, 5) is 2.23. The maximum atomic E-state index is 12.2. The highest BCUT2D eigenvalue weighted by Gasteiger charge is 2.36. The van der Waals surface area contributed by atoms with E-state index in [0.717, 1.165) is 26.1 Å². The van der Waals surface area contributed by atoms with Crippen molar-refractivity contribution in [3.8, 4) is 0 Å². The second kappa shape index (κ2) is 5.78. The Kier molecular flexibility index (Phi) is 4.54. The van der Waals surface area contributed by atoms with Crippen LogP contribution in [0.25, 0.3) is 0 Å². The molecule has 2 fully saturated rings. The number of hydrogen-bond acceptors (Lipinski definition) is 2. The molecule has 1 saturated carbocycles. The van der Waals surface area contributed by atoms with Crippen molar-refractivity contribution in [1.29, 1.82) is 0 Å². The fraction of sp³-hybridized carbons (Fsp3) is 1.00. The van der Waals surface area contributed by atoms with Gasteiger partial charge in [-0.25, -0.2) is 0 Å². The fourth-order valence-corrected chi connectivity index (χ4v) is 3.30. The first-order valence-electron chi connectivity index (χ1n) is 7.03. The molecule has 0 amide bonds. The zero-order chi connectivity index (χ0) is 13.1. The summed E-state index contributed by atoms with van der Waals surface area (Å²) in [5.74, 6) is 0. The molecule has 1 heterocycles. The van der Waals surface area contributed by atoms with Gasteiger partial charge in [-0.1, -0.05) is 12.8 Å². The molecule has 2 aliphatic rings. The Morgan fingerprint density at radius 1 is 1.11 bits per heavy atom. The van der Waals surface area contributed by atoms with Gasteiger partial charge in [0, 0.05) is 18.5 Å². The van der Waals surface area contributed by atoms with Gasteiger partial charge in [0.05, 0.1) is 0 Å². The van der Waals surface area contributed by atoms with Crippen LogP contribution in [-0.2, 0) is 0 Å². The number of alkyl halides is 3. The molecule has 0 aromatic heterocycles. The van der Waals surface area contributed by atoms with E-state index in [1.165, 1.54) is 25.7 Å². The predicted molar refractivity (Wildman–Crippen MR) is 65.5 cm³/mol. The minimum Gasteiger partial charge on any atom is -0.310 e. The Bertz CT molecular complexity index is 259. The molecule has 1 aliphatic heterocycles. The molecule has 2 nitrogen and oxygen atoms in total. The first-order chi connectivity index (χ1) is 8.49. The van der Waals surface area contributed by atoms with Gasteiger partial charge in [0.1, 0.15) is 0 Å². The fourth-order valence-electron chi connectivity index (χ4n) is 3.30. The third-order valence-electron chi connectivity index (χ3n) is 4.17. The summed E-state index contributed by atoms with van der Waals surface area (Å²) in [7, 11) is 0. The van der Waals surface area contributed by atoms with Crippen LogP contribution < -0.4 is 5.32 Å². The maximum Gasteiger partial charge on any atom is 0.389 e. The standard InChI is InChI=1S/C13H23F3N2/c14-13(15,16)7-3-9-18-10-4-8-17-12(11-18)5-1-2-6-12/h17H,1-11H2. The Hall–Kier alpha value is -0.290. The lowest BCUT2D eigenvalue weighted by Gasteiger charge is -2.33. The van der Waals surface area contributed by atoms with E-state index in [-0.39, 0.29) is 12.0 Å². The van der Waals surface area contributed by atoms with Gasteiger partial charge in [0.25, 0.3) is 0 Å². The van der Waals surface area contributed by atoms with Crippen LogP contribution in [0.2, 0.25) is 0 Å². The van der Waals surface area contributed by atoms with E-state index in [4.69, 9.17) is 0 Å². The van der Waals surface area contributed by atoms with E-state index in [1.54, 1.807) is 0 Å². The Balaban J connectivity index is 1.80. The molecule has 0 radical (unpaired) electrons. The topological polar surface area (TPSA) is 15.3 Å². The van der Waals surface area contributed by atoms with Crippen LogP contribution >= 0.6 is 0 Å². The quantitative estimate of drug-likeness (QED) is 0.843.